The van der Waals surface area contributed by atoms with Crippen molar-refractivity contribution in [2.24, 2.45) is 0 Å². The molecule has 1 amide bonds. The van der Waals surface area contributed by atoms with E-state index in [-0.39, 0.29) is 4.57 Å². The highest BCUT2D eigenvalue weighted by atomic mass is 19.4. The van der Waals surface area contributed by atoms with Crippen molar-refractivity contribution >= 4 is 5.91 Å². The Bertz CT molecular complexity index is 815. The maximum Gasteiger partial charge on any atom is 0.434 e. The predicted molar refractivity (Wildman–Crippen MR) is 80.8 cm³/mol. The number of carbonyl (C=O) groups excluding carboxylic acids is 1. The molecular formula is C16H15F6N3O. The maximum atomic E-state index is 13.5. The third kappa shape index (κ3) is 4.17. The highest BCUT2D eigenvalue weighted by Gasteiger charge is 2.43. The van der Waals surface area contributed by atoms with Crippen molar-refractivity contribution in [1.82, 2.24) is 14.9 Å². The molecular weight excluding hydrogens is 364 g/mol. The minimum atomic E-state index is -5.10. The third-order valence-corrected chi connectivity index (χ3v) is 3.21. The van der Waals surface area contributed by atoms with Gasteiger partial charge in [-0.25, -0.2) is 4.98 Å². The van der Waals surface area contributed by atoms with E-state index >= 15 is 0 Å². The number of hydrogen-bond acceptors (Lipinski definition) is 2. The Kier molecular flexibility index (Phi) is 4.82. The average Bonchev–Trinajstić information content (AvgIpc) is 2.89. The van der Waals surface area contributed by atoms with Gasteiger partial charge >= 0.3 is 12.4 Å². The molecule has 0 saturated carbocycles. The van der Waals surface area contributed by atoms with Crippen LogP contribution in [0.15, 0.2) is 30.6 Å². The molecule has 1 aromatic carbocycles. The van der Waals surface area contributed by atoms with Gasteiger partial charge in [0.2, 0.25) is 0 Å². The lowest BCUT2D eigenvalue weighted by atomic mass is 10.1. The number of nitrogens with one attached hydrogen (secondary N) is 1. The fourth-order valence-electron chi connectivity index (χ4n) is 2.29. The van der Waals surface area contributed by atoms with Crippen LogP contribution in [0.25, 0.3) is 5.69 Å². The second-order valence-electron chi connectivity index (χ2n) is 6.53. The van der Waals surface area contributed by atoms with Gasteiger partial charge in [0, 0.05) is 5.54 Å². The van der Waals surface area contributed by atoms with Crippen LogP contribution in [0.2, 0.25) is 0 Å². The van der Waals surface area contributed by atoms with Crippen LogP contribution in [0.1, 0.15) is 42.5 Å². The van der Waals surface area contributed by atoms with Crippen LogP contribution in [-0.4, -0.2) is 21.0 Å². The van der Waals surface area contributed by atoms with Crippen LogP contribution in [0.4, 0.5) is 26.3 Å². The molecule has 26 heavy (non-hydrogen) atoms. The van der Waals surface area contributed by atoms with Gasteiger partial charge in [-0.3, -0.25) is 9.36 Å². The van der Waals surface area contributed by atoms with E-state index in [0.717, 1.165) is 12.1 Å². The van der Waals surface area contributed by atoms with Crippen molar-refractivity contribution < 1.29 is 31.1 Å². The van der Waals surface area contributed by atoms with Crippen molar-refractivity contribution in [2.75, 3.05) is 0 Å². The number of benzene rings is 1. The van der Waals surface area contributed by atoms with Gasteiger partial charge in [0.15, 0.2) is 11.4 Å². The second kappa shape index (κ2) is 6.33. The molecule has 0 saturated heterocycles. The van der Waals surface area contributed by atoms with Crippen molar-refractivity contribution in [3.8, 4) is 5.69 Å². The second-order valence-corrected chi connectivity index (χ2v) is 6.53. The first-order valence-corrected chi connectivity index (χ1v) is 7.35. The Morgan fingerprint density at radius 3 is 2.08 bits per heavy atom. The summed E-state index contributed by atoms with van der Waals surface area (Å²) in [5.41, 5.74) is -5.46. The first-order chi connectivity index (χ1) is 11.7. The molecule has 0 fully saturated rings. The van der Waals surface area contributed by atoms with Crippen LogP contribution in [-0.2, 0) is 12.4 Å². The molecule has 0 spiro atoms. The maximum absolute atomic E-state index is 13.5. The number of para-hydroxylation sites is 1. The Balaban J connectivity index is 2.69. The first-order valence-electron chi connectivity index (χ1n) is 7.35. The van der Waals surface area contributed by atoms with Crippen LogP contribution >= 0.6 is 0 Å². The average molecular weight is 379 g/mol. The lowest BCUT2D eigenvalue weighted by molar-refractivity contribution is -0.144. The number of halogens is 6. The molecule has 4 nitrogen and oxygen atoms in total. The Morgan fingerprint density at radius 1 is 1.00 bits per heavy atom. The van der Waals surface area contributed by atoms with Crippen LogP contribution in [0, 0.1) is 0 Å². The largest absolute Gasteiger partial charge is 0.434 e. The molecule has 1 heterocycles. The Morgan fingerprint density at radius 2 is 1.58 bits per heavy atom. The molecule has 0 unspecified atom stereocenters. The lowest BCUT2D eigenvalue weighted by Crippen LogP contribution is -2.41. The molecule has 0 bridgehead atoms. The smallest absolute Gasteiger partial charge is 0.346 e. The van der Waals surface area contributed by atoms with Gasteiger partial charge in [-0.15, -0.1) is 0 Å². The zero-order valence-corrected chi connectivity index (χ0v) is 14.0. The van der Waals surface area contributed by atoms with Gasteiger partial charge in [0.1, 0.15) is 6.33 Å². The summed E-state index contributed by atoms with van der Waals surface area (Å²) in [6.07, 6.45) is -9.41. The standard InChI is InChI=1S/C16H15F6N3O/c1-14(2,3)24-13(26)11-12(16(20,21)22)25(8-23-11)10-7-5-4-6-9(10)15(17,18)19/h4-8H,1-3H3,(H,24,26). The normalized spacial score (nSPS) is 13.0. The molecule has 0 atom stereocenters. The summed E-state index contributed by atoms with van der Waals surface area (Å²) in [5.74, 6) is -1.13. The van der Waals surface area contributed by atoms with E-state index < -0.39 is 46.4 Å². The molecule has 2 rings (SSSR count). The van der Waals surface area contributed by atoms with Gasteiger partial charge in [-0.05, 0) is 32.9 Å². The number of amides is 1. The van der Waals surface area contributed by atoms with E-state index in [4.69, 9.17) is 0 Å². The summed E-state index contributed by atoms with van der Waals surface area (Å²) in [4.78, 5) is 15.6. The van der Waals surface area contributed by atoms with Crippen LogP contribution in [0.3, 0.4) is 0 Å². The summed E-state index contributed by atoms with van der Waals surface area (Å²) in [5, 5.41) is 2.32. The first kappa shape index (κ1) is 19.8. The number of nitrogens with zero attached hydrogens (tertiary/aromatic N) is 2. The SMILES string of the molecule is CC(C)(C)NC(=O)c1ncn(-c2ccccc2C(F)(F)F)c1C(F)(F)F. The van der Waals surface area contributed by atoms with E-state index in [1.165, 1.54) is 6.07 Å². The summed E-state index contributed by atoms with van der Waals surface area (Å²) < 4.78 is 80.3. The molecule has 0 aliphatic heterocycles. The summed E-state index contributed by atoms with van der Waals surface area (Å²) in [6.45, 7) is 4.65. The van der Waals surface area contributed by atoms with E-state index in [2.05, 4.69) is 10.3 Å². The molecule has 2 aromatic rings. The van der Waals surface area contributed by atoms with Gasteiger partial charge in [-0.1, -0.05) is 12.1 Å². The summed E-state index contributed by atoms with van der Waals surface area (Å²) >= 11 is 0. The summed E-state index contributed by atoms with van der Waals surface area (Å²) in [7, 11) is 0. The van der Waals surface area contributed by atoms with E-state index in [0.29, 0.717) is 12.4 Å². The van der Waals surface area contributed by atoms with Gasteiger partial charge in [0.25, 0.3) is 5.91 Å². The monoisotopic (exact) mass is 379 g/mol. The predicted octanol–water partition coefficient (Wildman–Crippen LogP) is 4.44. The van der Waals surface area contributed by atoms with Crippen LogP contribution in [0.5, 0.6) is 0 Å². The zero-order chi connectivity index (χ0) is 19.9. The molecule has 10 heteroatoms. The van der Waals surface area contributed by atoms with E-state index in [1.54, 1.807) is 20.8 Å². The molecule has 0 radical (unpaired) electrons. The topological polar surface area (TPSA) is 46.9 Å². The number of carbonyl (C=O) groups is 1. The molecule has 0 aliphatic rings. The molecule has 1 N–H and O–H groups in total. The van der Waals surface area contributed by atoms with Crippen molar-refractivity contribution in [3.05, 3.63) is 47.5 Å². The van der Waals surface area contributed by atoms with Crippen molar-refractivity contribution in [3.63, 3.8) is 0 Å². The van der Waals surface area contributed by atoms with Crippen molar-refractivity contribution in [2.45, 2.75) is 38.7 Å². The third-order valence-electron chi connectivity index (χ3n) is 3.21. The quantitative estimate of drug-likeness (QED) is 0.785. The van der Waals surface area contributed by atoms with E-state index in [9.17, 15) is 31.1 Å². The fourth-order valence-corrected chi connectivity index (χ4v) is 2.29. The Labute approximate surface area is 144 Å². The highest BCUT2D eigenvalue weighted by molar-refractivity contribution is 5.94. The number of hydrogen-bond donors (Lipinski definition) is 1. The zero-order valence-electron chi connectivity index (χ0n) is 14.0. The molecule has 1 aromatic heterocycles. The Hall–Kier alpha value is -2.52. The van der Waals surface area contributed by atoms with Gasteiger partial charge in [0.05, 0.1) is 11.3 Å². The van der Waals surface area contributed by atoms with Crippen LogP contribution < -0.4 is 5.32 Å². The fraction of sp³-hybridized carbons (Fsp3) is 0.375. The van der Waals surface area contributed by atoms with Gasteiger partial charge < -0.3 is 5.32 Å². The minimum Gasteiger partial charge on any atom is -0.346 e. The number of alkyl halides is 6. The lowest BCUT2D eigenvalue weighted by Gasteiger charge is -2.21. The molecule has 142 valence electrons. The highest BCUT2D eigenvalue weighted by Crippen LogP contribution is 2.38. The van der Waals surface area contributed by atoms with E-state index in [1.807, 2.05) is 0 Å². The minimum absolute atomic E-state index is 0.237. The molecule has 0 aliphatic carbocycles. The number of aromatic nitrogens is 2. The number of imidazole rings is 1. The summed E-state index contributed by atoms with van der Waals surface area (Å²) in [6, 6.07) is 3.76. The van der Waals surface area contributed by atoms with Gasteiger partial charge in [-0.2, -0.15) is 26.3 Å². The van der Waals surface area contributed by atoms with Crippen molar-refractivity contribution in [1.29, 1.82) is 0 Å². The number of rotatable bonds is 2.